The number of ether oxygens (including phenoxy) is 1. The molecule has 4 nitrogen and oxygen atoms in total. The van der Waals surface area contributed by atoms with Gasteiger partial charge in [-0.05, 0) is 18.8 Å². The highest BCUT2D eigenvalue weighted by Gasteiger charge is 2.46. The van der Waals surface area contributed by atoms with Crippen molar-refractivity contribution < 1.29 is 4.74 Å². The first-order valence-corrected chi connectivity index (χ1v) is 5.83. The van der Waals surface area contributed by atoms with Crippen molar-refractivity contribution in [1.82, 2.24) is 9.55 Å². The summed E-state index contributed by atoms with van der Waals surface area (Å²) in [4.78, 5) is 4.36. The molecule has 1 aromatic rings. The highest BCUT2D eigenvalue weighted by Crippen LogP contribution is 2.46. The fourth-order valence-corrected chi connectivity index (χ4v) is 1.97. The summed E-state index contributed by atoms with van der Waals surface area (Å²) in [5.41, 5.74) is 0.418. The molecule has 1 aromatic heterocycles. The van der Waals surface area contributed by atoms with Gasteiger partial charge in [0.15, 0.2) is 0 Å². The van der Waals surface area contributed by atoms with Crippen molar-refractivity contribution in [3.05, 3.63) is 12.4 Å². The molecule has 16 heavy (non-hydrogen) atoms. The molecule has 1 N–H and O–H groups in total. The van der Waals surface area contributed by atoms with Crippen LogP contribution in [0.1, 0.15) is 33.2 Å². The molecule has 1 saturated carbocycles. The third kappa shape index (κ3) is 2.21. The van der Waals surface area contributed by atoms with E-state index in [1.165, 1.54) is 6.42 Å². The Hall–Kier alpha value is -1.03. The number of nitrogens with one attached hydrogen (secondary N) is 1. The fraction of sp³-hybridized carbons (Fsp3) is 0.750. The molecule has 1 heterocycles. The van der Waals surface area contributed by atoms with Gasteiger partial charge in [0.2, 0.25) is 5.95 Å². The van der Waals surface area contributed by atoms with Gasteiger partial charge in [-0.25, -0.2) is 4.98 Å². The lowest BCUT2D eigenvalue weighted by molar-refractivity contribution is 0.163. The van der Waals surface area contributed by atoms with Crippen molar-refractivity contribution in [3.63, 3.8) is 0 Å². The van der Waals surface area contributed by atoms with Crippen LogP contribution >= 0.6 is 0 Å². The van der Waals surface area contributed by atoms with Crippen molar-refractivity contribution in [1.29, 1.82) is 0 Å². The van der Waals surface area contributed by atoms with Crippen molar-refractivity contribution in [2.75, 3.05) is 19.0 Å². The summed E-state index contributed by atoms with van der Waals surface area (Å²) in [6.45, 7) is 7.39. The third-order valence-electron chi connectivity index (χ3n) is 3.37. The Morgan fingerprint density at radius 2 is 2.38 bits per heavy atom. The maximum Gasteiger partial charge on any atom is 0.203 e. The van der Waals surface area contributed by atoms with E-state index in [4.69, 9.17) is 4.74 Å². The summed E-state index contributed by atoms with van der Waals surface area (Å²) in [6, 6.07) is 0.875. The van der Waals surface area contributed by atoms with Crippen molar-refractivity contribution >= 4 is 5.95 Å². The van der Waals surface area contributed by atoms with Gasteiger partial charge < -0.3 is 14.6 Å². The Balaban J connectivity index is 2.02. The number of methoxy groups -OCH3 is 1. The zero-order valence-electron chi connectivity index (χ0n) is 10.5. The lowest BCUT2D eigenvalue weighted by atomic mass is 10.2. The fourth-order valence-electron chi connectivity index (χ4n) is 1.97. The van der Waals surface area contributed by atoms with Gasteiger partial charge in [-0.3, -0.25) is 0 Å². The zero-order valence-corrected chi connectivity index (χ0v) is 10.5. The first-order valence-electron chi connectivity index (χ1n) is 5.83. The number of aromatic nitrogens is 2. The van der Waals surface area contributed by atoms with E-state index < -0.39 is 0 Å². The minimum absolute atomic E-state index is 0.317. The van der Waals surface area contributed by atoms with E-state index in [-0.39, 0.29) is 0 Å². The second-order valence-electron chi connectivity index (χ2n) is 5.35. The molecule has 0 radical (unpaired) electrons. The van der Waals surface area contributed by atoms with Gasteiger partial charge in [-0.2, -0.15) is 0 Å². The van der Waals surface area contributed by atoms with Crippen LogP contribution in [-0.2, 0) is 4.74 Å². The molecule has 0 saturated heterocycles. The molecule has 0 aliphatic heterocycles. The minimum Gasteiger partial charge on any atom is -0.383 e. The Bertz CT molecular complexity index is 359. The molecule has 2 unspecified atom stereocenters. The number of anilines is 1. The largest absolute Gasteiger partial charge is 0.383 e. The molecule has 0 spiro atoms. The van der Waals surface area contributed by atoms with Gasteiger partial charge in [0.25, 0.3) is 0 Å². The summed E-state index contributed by atoms with van der Waals surface area (Å²) in [7, 11) is 1.73. The van der Waals surface area contributed by atoms with Crippen LogP contribution in [0.15, 0.2) is 12.4 Å². The van der Waals surface area contributed by atoms with Crippen LogP contribution in [0.2, 0.25) is 0 Å². The number of nitrogens with zero attached hydrogens (tertiary/aromatic N) is 2. The topological polar surface area (TPSA) is 39.1 Å². The number of imidazole rings is 1. The maximum absolute atomic E-state index is 5.17. The number of hydrogen-bond acceptors (Lipinski definition) is 3. The van der Waals surface area contributed by atoms with Crippen molar-refractivity contribution in [2.24, 2.45) is 5.41 Å². The summed E-state index contributed by atoms with van der Waals surface area (Å²) in [6.07, 6.45) is 5.06. The molecular formula is C12H21N3O. The van der Waals surface area contributed by atoms with Gasteiger partial charge in [-0.15, -0.1) is 0 Å². The van der Waals surface area contributed by atoms with E-state index in [9.17, 15) is 0 Å². The van der Waals surface area contributed by atoms with E-state index in [1.807, 2.05) is 12.4 Å². The molecule has 1 aliphatic carbocycles. The molecule has 0 aromatic carbocycles. The van der Waals surface area contributed by atoms with Crippen LogP contribution in [0.3, 0.4) is 0 Å². The summed E-state index contributed by atoms with van der Waals surface area (Å²) in [5.74, 6) is 0.958. The van der Waals surface area contributed by atoms with Crippen molar-refractivity contribution in [3.8, 4) is 0 Å². The molecule has 1 aliphatic rings. The maximum atomic E-state index is 5.17. The summed E-state index contributed by atoms with van der Waals surface area (Å²) in [5, 5.41) is 3.49. The smallest absolute Gasteiger partial charge is 0.203 e. The standard InChI is InChI=1S/C12H21N3O/c1-9(8-16-4)15-6-5-13-11(15)14-10-7-12(10,2)3/h5-6,9-10H,7-8H2,1-4H3,(H,13,14). The van der Waals surface area contributed by atoms with E-state index >= 15 is 0 Å². The van der Waals surface area contributed by atoms with Crippen LogP contribution in [-0.4, -0.2) is 29.3 Å². The summed E-state index contributed by atoms with van der Waals surface area (Å²) < 4.78 is 7.30. The van der Waals surface area contributed by atoms with Crippen LogP contribution in [0.4, 0.5) is 5.95 Å². The summed E-state index contributed by atoms with van der Waals surface area (Å²) >= 11 is 0. The van der Waals surface area contributed by atoms with E-state index in [1.54, 1.807) is 7.11 Å². The van der Waals surface area contributed by atoms with Gasteiger partial charge in [0.1, 0.15) is 0 Å². The monoisotopic (exact) mass is 223 g/mol. The average Bonchev–Trinajstić information content (AvgIpc) is 2.63. The van der Waals surface area contributed by atoms with E-state index in [0.717, 1.165) is 5.95 Å². The highest BCUT2D eigenvalue weighted by molar-refractivity contribution is 5.33. The van der Waals surface area contributed by atoms with E-state index in [0.29, 0.717) is 24.1 Å². The lowest BCUT2D eigenvalue weighted by Gasteiger charge is -2.16. The SMILES string of the molecule is COCC(C)n1ccnc1NC1CC1(C)C. The molecule has 0 bridgehead atoms. The van der Waals surface area contributed by atoms with Gasteiger partial charge in [0.05, 0.1) is 12.6 Å². The molecule has 90 valence electrons. The Morgan fingerprint density at radius 3 is 2.94 bits per heavy atom. The number of hydrogen-bond donors (Lipinski definition) is 1. The molecule has 1 fully saturated rings. The zero-order chi connectivity index (χ0) is 11.8. The first kappa shape index (κ1) is 11.5. The Labute approximate surface area is 97.0 Å². The average molecular weight is 223 g/mol. The lowest BCUT2D eigenvalue weighted by Crippen LogP contribution is -2.17. The first-order chi connectivity index (χ1) is 7.54. The molecule has 2 rings (SSSR count). The quantitative estimate of drug-likeness (QED) is 0.832. The Morgan fingerprint density at radius 1 is 1.69 bits per heavy atom. The normalized spacial score (nSPS) is 24.1. The van der Waals surface area contributed by atoms with Crippen LogP contribution in [0.25, 0.3) is 0 Å². The van der Waals surface area contributed by atoms with Crippen LogP contribution < -0.4 is 5.32 Å². The van der Waals surface area contributed by atoms with Crippen molar-refractivity contribution in [2.45, 2.75) is 39.3 Å². The predicted molar refractivity (Wildman–Crippen MR) is 64.6 cm³/mol. The van der Waals surface area contributed by atoms with Gasteiger partial charge in [0, 0.05) is 25.5 Å². The molecule has 0 amide bonds. The molecule has 4 heteroatoms. The van der Waals surface area contributed by atoms with E-state index in [2.05, 4.69) is 35.6 Å². The predicted octanol–water partition coefficient (Wildman–Crippen LogP) is 2.30. The van der Waals surface area contributed by atoms with Gasteiger partial charge in [-0.1, -0.05) is 13.8 Å². The molecule has 2 atom stereocenters. The van der Waals surface area contributed by atoms with Gasteiger partial charge >= 0.3 is 0 Å². The van der Waals surface area contributed by atoms with Crippen LogP contribution in [0.5, 0.6) is 0 Å². The second-order valence-corrected chi connectivity index (χ2v) is 5.35. The van der Waals surface area contributed by atoms with Crippen LogP contribution in [0, 0.1) is 5.41 Å². The Kier molecular flexibility index (Phi) is 2.93. The second kappa shape index (κ2) is 4.09. The number of rotatable bonds is 5. The third-order valence-corrected chi connectivity index (χ3v) is 3.37. The highest BCUT2D eigenvalue weighted by atomic mass is 16.5. The minimum atomic E-state index is 0.317. The molecular weight excluding hydrogens is 202 g/mol.